The van der Waals surface area contributed by atoms with Crippen LogP contribution in [0.1, 0.15) is 38.3 Å². The van der Waals surface area contributed by atoms with Gasteiger partial charge in [-0.05, 0) is 13.8 Å². The number of alkyl halides is 2. The summed E-state index contributed by atoms with van der Waals surface area (Å²) in [6, 6.07) is 0.860. The van der Waals surface area contributed by atoms with Crippen LogP contribution in [0.15, 0.2) is 17.1 Å². The number of esters is 1. The van der Waals surface area contributed by atoms with Gasteiger partial charge in [0.15, 0.2) is 5.65 Å². The molecule has 6 nitrogen and oxygen atoms in total. The van der Waals surface area contributed by atoms with E-state index in [2.05, 4.69) is 9.84 Å². The lowest BCUT2D eigenvalue weighted by molar-refractivity contribution is -0.140. The topological polar surface area (TPSA) is 66.1 Å². The van der Waals surface area contributed by atoms with Crippen molar-refractivity contribution >= 4 is 17.0 Å². The van der Waals surface area contributed by atoms with Crippen LogP contribution < -0.4 is 5.56 Å². The zero-order chi connectivity index (χ0) is 16.4. The summed E-state index contributed by atoms with van der Waals surface area (Å²) in [5.74, 6) is -0.485. The van der Waals surface area contributed by atoms with Gasteiger partial charge in [0.05, 0.1) is 13.5 Å². The number of hydrogen-bond acceptors (Lipinski definition) is 4. The Morgan fingerprint density at radius 1 is 1.41 bits per heavy atom. The summed E-state index contributed by atoms with van der Waals surface area (Å²) in [6.45, 7) is 3.73. The number of methoxy groups -OCH3 is 1. The normalized spacial score (nSPS) is 11.6. The number of nitrogens with zero attached hydrogens (tertiary/aromatic N) is 3. The molecule has 2 rings (SSSR count). The standard InChI is InChI=1S/C14H17F2N3O3/c1-8(2)19-7-10-9(13(15)16)6-11(20)18(14(10)17-19)5-4-12(21)22-3/h6-8,13H,4-5H2,1-3H3. The van der Waals surface area contributed by atoms with E-state index >= 15 is 0 Å². The molecule has 0 aliphatic heterocycles. The number of fused-ring (bicyclic) bond motifs is 1. The highest BCUT2D eigenvalue weighted by molar-refractivity contribution is 5.79. The summed E-state index contributed by atoms with van der Waals surface area (Å²) in [4.78, 5) is 23.3. The van der Waals surface area contributed by atoms with Crippen LogP contribution in [-0.4, -0.2) is 27.4 Å². The minimum Gasteiger partial charge on any atom is -0.469 e. The molecule has 0 aromatic carbocycles. The third-order valence-corrected chi connectivity index (χ3v) is 3.36. The second-order valence-electron chi connectivity index (χ2n) is 5.16. The molecule has 2 aromatic rings. The van der Waals surface area contributed by atoms with Crippen molar-refractivity contribution in [3.8, 4) is 0 Å². The molecule has 0 saturated heterocycles. The van der Waals surface area contributed by atoms with Crippen LogP contribution in [-0.2, 0) is 16.1 Å². The molecule has 0 bridgehead atoms. The summed E-state index contributed by atoms with van der Waals surface area (Å²) in [6.07, 6.45) is -1.31. The van der Waals surface area contributed by atoms with Crippen molar-refractivity contribution in [2.24, 2.45) is 0 Å². The van der Waals surface area contributed by atoms with Gasteiger partial charge in [-0.25, -0.2) is 8.78 Å². The van der Waals surface area contributed by atoms with Crippen LogP contribution in [0, 0.1) is 0 Å². The summed E-state index contributed by atoms with van der Waals surface area (Å²) in [5.41, 5.74) is -0.803. The predicted molar refractivity (Wildman–Crippen MR) is 76.0 cm³/mol. The average Bonchev–Trinajstić information content (AvgIpc) is 2.90. The Kier molecular flexibility index (Phi) is 4.58. The molecule has 0 N–H and O–H groups in total. The van der Waals surface area contributed by atoms with Crippen LogP contribution in [0.2, 0.25) is 0 Å². The van der Waals surface area contributed by atoms with Gasteiger partial charge in [0, 0.05) is 35.8 Å². The minimum atomic E-state index is -2.77. The summed E-state index contributed by atoms with van der Waals surface area (Å²) < 4.78 is 33.5. The fourth-order valence-corrected chi connectivity index (χ4v) is 2.14. The number of pyridine rings is 1. The number of halogens is 2. The Hall–Kier alpha value is -2.25. The van der Waals surface area contributed by atoms with Gasteiger partial charge < -0.3 is 4.74 Å². The second-order valence-corrected chi connectivity index (χ2v) is 5.16. The molecule has 0 aliphatic carbocycles. The SMILES string of the molecule is COC(=O)CCn1c(=O)cc(C(F)F)c2cn(C(C)C)nc21. The quantitative estimate of drug-likeness (QED) is 0.794. The maximum Gasteiger partial charge on any atom is 0.307 e. The molecule has 0 aliphatic rings. The lowest BCUT2D eigenvalue weighted by Crippen LogP contribution is -2.23. The number of aromatic nitrogens is 3. The number of rotatable bonds is 5. The van der Waals surface area contributed by atoms with Gasteiger partial charge >= 0.3 is 5.97 Å². The van der Waals surface area contributed by atoms with Gasteiger partial charge in [-0.2, -0.15) is 5.10 Å². The number of hydrogen-bond donors (Lipinski definition) is 0. The Balaban J connectivity index is 2.60. The second kappa shape index (κ2) is 6.25. The van der Waals surface area contributed by atoms with Gasteiger partial charge in [-0.3, -0.25) is 18.8 Å². The van der Waals surface area contributed by atoms with Crippen molar-refractivity contribution in [1.29, 1.82) is 0 Å². The number of carbonyl (C=O) groups excluding carboxylic acids is 1. The van der Waals surface area contributed by atoms with Crippen molar-refractivity contribution in [2.45, 2.75) is 39.3 Å². The number of ether oxygens (including phenoxy) is 1. The minimum absolute atomic E-state index is 0.0284. The average molecular weight is 313 g/mol. The largest absolute Gasteiger partial charge is 0.469 e. The van der Waals surface area contributed by atoms with Gasteiger partial charge in [0.25, 0.3) is 12.0 Å². The highest BCUT2D eigenvalue weighted by Gasteiger charge is 2.20. The van der Waals surface area contributed by atoms with Crippen molar-refractivity contribution in [2.75, 3.05) is 7.11 Å². The Labute approximate surface area is 125 Å². The molecule has 0 spiro atoms. The first kappa shape index (κ1) is 16.1. The third kappa shape index (κ3) is 3.00. The molecular formula is C14H17F2N3O3. The Morgan fingerprint density at radius 3 is 2.64 bits per heavy atom. The van der Waals surface area contributed by atoms with Crippen molar-refractivity contribution in [1.82, 2.24) is 14.3 Å². The molecule has 0 saturated carbocycles. The molecule has 2 heterocycles. The monoisotopic (exact) mass is 313 g/mol. The molecule has 0 amide bonds. The van der Waals surface area contributed by atoms with Gasteiger partial charge in [0.1, 0.15) is 0 Å². The van der Waals surface area contributed by atoms with E-state index in [4.69, 9.17) is 0 Å². The van der Waals surface area contributed by atoms with Gasteiger partial charge in [0.2, 0.25) is 0 Å². The first-order valence-electron chi connectivity index (χ1n) is 6.82. The van der Waals surface area contributed by atoms with Crippen LogP contribution in [0.3, 0.4) is 0 Å². The van der Waals surface area contributed by atoms with Crippen molar-refractivity contribution in [3.05, 3.63) is 28.2 Å². The lowest BCUT2D eigenvalue weighted by Gasteiger charge is -2.08. The summed E-state index contributed by atoms with van der Waals surface area (Å²) in [7, 11) is 1.24. The maximum atomic E-state index is 13.1. The lowest BCUT2D eigenvalue weighted by atomic mass is 10.2. The first-order valence-corrected chi connectivity index (χ1v) is 6.82. The molecular weight excluding hydrogens is 296 g/mol. The molecule has 8 heteroatoms. The third-order valence-electron chi connectivity index (χ3n) is 3.36. The van der Waals surface area contributed by atoms with E-state index in [1.165, 1.54) is 22.6 Å². The zero-order valence-corrected chi connectivity index (χ0v) is 12.5. The summed E-state index contributed by atoms with van der Waals surface area (Å²) in [5, 5.41) is 4.43. The van der Waals surface area contributed by atoms with E-state index in [9.17, 15) is 18.4 Å². The fourth-order valence-electron chi connectivity index (χ4n) is 2.14. The zero-order valence-electron chi connectivity index (χ0n) is 12.5. The molecule has 0 radical (unpaired) electrons. The van der Waals surface area contributed by atoms with Crippen LogP contribution in [0.5, 0.6) is 0 Å². The fraction of sp³-hybridized carbons (Fsp3) is 0.500. The molecule has 120 valence electrons. The molecule has 0 unspecified atom stereocenters. The van der Waals surface area contributed by atoms with E-state index in [0.29, 0.717) is 0 Å². The Bertz CT molecular complexity index is 750. The van der Waals surface area contributed by atoms with Crippen molar-refractivity contribution < 1.29 is 18.3 Å². The predicted octanol–water partition coefficient (Wildman–Crippen LogP) is 2.28. The summed E-state index contributed by atoms with van der Waals surface area (Å²) >= 11 is 0. The van der Waals surface area contributed by atoms with E-state index in [0.717, 1.165) is 6.07 Å². The van der Waals surface area contributed by atoms with E-state index < -0.39 is 18.0 Å². The highest BCUT2D eigenvalue weighted by Crippen LogP contribution is 2.26. The van der Waals surface area contributed by atoms with Crippen molar-refractivity contribution in [3.63, 3.8) is 0 Å². The van der Waals surface area contributed by atoms with Crippen LogP contribution >= 0.6 is 0 Å². The first-order chi connectivity index (χ1) is 10.3. The Morgan fingerprint density at radius 2 is 2.09 bits per heavy atom. The van der Waals surface area contributed by atoms with Crippen LogP contribution in [0.4, 0.5) is 8.78 Å². The number of carbonyl (C=O) groups is 1. The maximum absolute atomic E-state index is 13.1. The van der Waals surface area contributed by atoms with E-state index in [1.807, 2.05) is 13.8 Å². The van der Waals surface area contributed by atoms with Crippen LogP contribution in [0.25, 0.3) is 11.0 Å². The van der Waals surface area contributed by atoms with E-state index in [1.54, 1.807) is 0 Å². The van der Waals surface area contributed by atoms with Gasteiger partial charge in [-0.15, -0.1) is 0 Å². The molecule has 0 fully saturated rings. The molecule has 0 atom stereocenters. The highest BCUT2D eigenvalue weighted by atomic mass is 19.3. The smallest absolute Gasteiger partial charge is 0.307 e. The number of aryl methyl sites for hydroxylation is 1. The van der Waals surface area contributed by atoms with Gasteiger partial charge in [-0.1, -0.05) is 0 Å². The molecule has 22 heavy (non-hydrogen) atoms. The van der Waals surface area contributed by atoms with E-state index in [-0.39, 0.29) is 35.6 Å². The molecule has 2 aromatic heterocycles.